The maximum absolute atomic E-state index is 11.9. The Kier molecular flexibility index (Phi) is 5.77. The lowest BCUT2D eigenvalue weighted by Crippen LogP contribution is -2.43. The normalized spacial score (nSPS) is 20.6. The van der Waals surface area contributed by atoms with Gasteiger partial charge in [-0.3, -0.25) is 0 Å². The van der Waals surface area contributed by atoms with Gasteiger partial charge in [0.2, 0.25) is 0 Å². The Labute approximate surface area is 129 Å². The van der Waals surface area contributed by atoms with E-state index < -0.39 is 5.97 Å². The number of aliphatic hydroxyl groups is 1. The quantitative estimate of drug-likeness (QED) is 0.643. The molecule has 1 aliphatic rings. The molecule has 0 saturated heterocycles. The minimum atomic E-state index is -0.964. The first-order valence-corrected chi connectivity index (χ1v) is 7.57. The third kappa shape index (κ3) is 4.46. The second-order valence-electron chi connectivity index (χ2n) is 5.64. The van der Waals surface area contributed by atoms with Crippen molar-refractivity contribution in [3.05, 3.63) is 35.4 Å². The number of hydrogen-bond donors (Lipinski definition) is 4. The zero-order chi connectivity index (χ0) is 15.9. The molecule has 2 atom stereocenters. The second kappa shape index (κ2) is 7.79. The first-order chi connectivity index (χ1) is 10.6. The van der Waals surface area contributed by atoms with Crippen LogP contribution in [0.25, 0.3) is 0 Å². The van der Waals surface area contributed by atoms with E-state index in [-0.39, 0.29) is 24.2 Å². The second-order valence-corrected chi connectivity index (χ2v) is 5.64. The van der Waals surface area contributed by atoms with E-state index in [2.05, 4.69) is 10.6 Å². The highest BCUT2D eigenvalue weighted by molar-refractivity contribution is 5.87. The van der Waals surface area contributed by atoms with Gasteiger partial charge in [0.05, 0.1) is 5.56 Å². The van der Waals surface area contributed by atoms with Gasteiger partial charge in [0, 0.05) is 19.2 Å². The van der Waals surface area contributed by atoms with Gasteiger partial charge in [0.1, 0.15) is 0 Å². The summed E-state index contributed by atoms with van der Waals surface area (Å²) in [4.78, 5) is 22.7. The van der Waals surface area contributed by atoms with Crippen LogP contribution in [0.2, 0.25) is 0 Å². The molecule has 0 aromatic heterocycles. The molecule has 0 aliphatic heterocycles. The maximum atomic E-state index is 11.9. The van der Waals surface area contributed by atoms with Crippen LogP contribution in [-0.4, -0.2) is 34.9 Å². The Hall–Kier alpha value is -2.08. The lowest BCUT2D eigenvalue weighted by atomic mass is 10.0. The van der Waals surface area contributed by atoms with Gasteiger partial charge in [0.15, 0.2) is 0 Å². The number of aromatic carboxylic acids is 1. The third-order valence-corrected chi connectivity index (χ3v) is 4.13. The highest BCUT2D eigenvalue weighted by Gasteiger charge is 2.27. The van der Waals surface area contributed by atoms with Gasteiger partial charge in [0.25, 0.3) is 0 Å². The fourth-order valence-electron chi connectivity index (χ4n) is 2.91. The van der Waals surface area contributed by atoms with Crippen LogP contribution in [0.15, 0.2) is 24.3 Å². The molecule has 0 radical (unpaired) electrons. The molecule has 2 unspecified atom stereocenters. The first-order valence-electron chi connectivity index (χ1n) is 7.57. The maximum Gasteiger partial charge on any atom is 0.335 e. The van der Waals surface area contributed by atoms with E-state index in [1.165, 1.54) is 12.1 Å². The zero-order valence-electron chi connectivity index (χ0n) is 12.4. The highest BCUT2D eigenvalue weighted by atomic mass is 16.4. The van der Waals surface area contributed by atoms with Crippen molar-refractivity contribution >= 4 is 12.0 Å². The average molecular weight is 306 g/mol. The molecular weight excluding hydrogens is 284 g/mol. The first kappa shape index (κ1) is 16.3. The van der Waals surface area contributed by atoms with Crippen molar-refractivity contribution in [1.82, 2.24) is 10.6 Å². The zero-order valence-corrected chi connectivity index (χ0v) is 12.4. The Bertz CT molecular complexity index is 515. The number of carbonyl (C=O) groups is 2. The number of carboxylic acids is 1. The predicted molar refractivity (Wildman–Crippen MR) is 81.6 cm³/mol. The Morgan fingerprint density at radius 1 is 1.18 bits per heavy atom. The highest BCUT2D eigenvalue weighted by Crippen LogP contribution is 2.27. The summed E-state index contributed by atoms with van der Waals surface area (Å²) >= 11 is 0. The molecule has 6 nitrogen and oxygen atoms in total. The number of nitrogens with one attached hydrogen (secondary N) is 2. The van der Waals surface area contributed by atoms with Gasteiger partial charge in [-0.2, -0.15) is 0 Å². The number of urea groups is 1. The van der Waals surface area contributed by atoms with Crippen molar-refractivity contribution in [1.29, 1.82) is 0 Å². The van der Waals surface area contributed by atoms with E-state index in [0.717, 1.165) is 31.2 Å². The molecule has 6 heteroatoms. The van der Waals surface area contributed by atoms with Crippen molar-refractivity contribution < 1.29 is 19.8 Å². The average Bonchev–Trinajstić information content (AvgIpc) is 2.93. The summed E-state index contributed by atoms with van der Waals surface area (Å²) < 4.78 is 0. The van der Waals surface area contributed by atoms with E-state index in [9.17, 15) is 9.59 Å². The van der Waals surface area contributed by atoms with Crippen molar-refractivity contribution in [2.75, 3.05) is 6.61 Å². The fourth-order valence-corrected chi connectivity index (χ4v) is 2.91. The topological polar surface area (TPSA) is 98.7 Å². The smallest absolute Gasteiger partial charge is 0.335 e. The van der Waals surface area contributed by atoms with Gasteiger partial charge in [-0.1, -0.05) is 18.6 Å². The molecule has 22 heavy (non-hydrogen) atoms. The SMILES string of the molecule is O=C(NCc1ccc(C(=O)O)cc1)NC1CCCC1CCO. The van der Waals surface area contributed by atoms with Crippen molar-refractivity contribution in [3.8, 4) is 0 Å². The lowest BCUT2D eigenvalue weighted by Gasteiger charge is -2.20. The van der Waals surface area contributed by atoms with Crippen LogP contribution >= 0.6 is 0 Å². The van der Waals surface area contributed by atoms with Crippen molar-refractivity contribution in [2.45, 2.75) is 38.3 Å². The third-order valence-electron chi connectivity index (χ3n) is 4.13. The summed E-state index contributed by atoms with van der Waals surface area (Å²) in [5, 5.41) is 23.6. The van der Waals surface area contributed by atoms with Crippen LogP contribution in [-0.2, 0) is 6.54 Å². The Balaban J connectivity index is 1.78. The standard InChI is InChI=1S/C16H22N2O4/c19-9-8-12-2-1-3-14(12)18-16(22)17-10-11-4-6-13(7-5-11)15(20)21/h4-7,12,14,19H,1-3,8-10H2,(H,20,21)(H2,17,18,22). The summed E-state index contributed by atoms with van der Waals surface area (Å²) in [6.45, 7) is 0.503. The minimum Gasteiger partial charge on any atom is -0.478 e. The van der Waals surface area contributed by atoms with E-state index in [1.54, 1.807) is 12.1 Å². The van der Waals surface area contributed by atoms with Crippen LogP contribution in [0, 0.1) is 5.92 Å². The number of amides is 2. The van der Waals surface area contributed by atoms with Crippen molar-refractivity contribution in [3.63, 3.8) is 0 Å². The van der Waals surface area contributed by atoms with Crippen LogP contribution in [0.3, 0.4) is 0 Å². The van der Waals surface area contributed by atoms with E-state index >= 15 is 0 Å². The van der Waals surface area contributed by atoms with E-state index in [4.69, 9.17) is 10.2 Å². The molecule has 0 spiro atoms. The molecule has 0 bridgehead atoms. The van der Waals surface area contributed by atoms with Gasteiger partial charge >= 0.3 is 12.0 Å². The number of hydrogen-bond acceptors (Lipinski definition) is 3. The number of carboxylic acid groups (broad SMARTS) is 1. The molecule has 1 aromatic rings. The van der Waals surface area contributed by atoms with E-state index in [1.807, 2.05) is 0 Å². The minimum absolute atomic E-state index is 0.126. The van der Waals surface area contributed by atoms with Gasteiger partial charge in [-0.25, -0.2) is 9.59 Å². The van der Waals surface area contributed by atoms with Gasteiger partial charge in [-0.15, -0.1) is 0 Å². The largest absolute Gasteiger partial charge is 0.478 e. The van der Waals surface area contributed by atoms with Crippen LogP contribution in [0.1, 0.15) is 41.6 Å². The van der Waals surface area contributed by atoms with Gasteiger partial charge in [-0.05, 0) is 42.9 Å². The summed E-state index contributed by atoms with van der Waals surface area (Å²) in [7, 11) is 0. The monoisotopic (exact) mass is 306 g/mol. The lowest BCUT2D eigenvalue weighted by molar-refractivity contribution is 0.0697. The summed E-state index contributed by atoms with van der Waals surface area (Å²) in [5.41, 5.74) is 1.07. The predicted octanol–water partition coefficient (Wildman–Crippen LogP) is 1.74. The summed E-state index contributed by atoms with van der Waals surface area (Å²) in [5.74, 6) is -0.612. The van der Waals surface area contributed by atoms with Gasteiger partial charge < -0.3 is 20.8 Å². The molecule has 2 amide bonds. The molecule has 0 heterocycles. The van der Waals surface area contributed by atoms with Crippen LogP contribution in [0.4, 0.5) is 4.79 Å². The van der Waals surface area contributed by atoms with Crippen LogP contribution < -0.4 is 10.6 Å². The number of rotatable bonds is 6. The fraction of sp³-hybridized carbons (Fsp3) is 0.500. The molecule has 2 rings (SSSR count). The Morgan fingerprint density at radius 2 is 1.91 bits per heavy atom. The molecule has 1 fully saturated rings. The molecule has 120 valence electrons. The Morgan fingerprint density at radius 3 is 2.55 bits per heavy atom. The van der Waals surface area contributed by atoms with Crippen molar-refractivity contribution in [2.24, 2.45) is 5.92 Å². The molecule has 1 aliphatic carbocycles. The van der Waals surface area contributed by atoms with E-state index in [0.29, 0.717) is 12.5 Å². The number of carbonyl (C=O) groups excluding carboxylic acids is 1. The summed E-state index contributed by atoms with van der Waals surface area (Å²) in [6, 6.07) is 6.32. The summed E-state index contributed by atoms with van der Waals surface area (Å²) in [6.07, 6.45) is 3.79. The molecule has 1 aromatic carbocycles. The molecule has 4 N–H and O–H groups in total. The number of aliphatic hydroxyl groups excluding tert-OH is 1. The molecule has 1 saturated carbocycles. The number of benzene rings is 1. The molecular formula is C16H22N2O4. The van der Waals surface area contributed by atoms with Crippen LogP contribution in [0.5, 0.6) is 0 Å².